The molecule has 0 unspecified atom stereocenters. The predicted octanol–water partition coefficient (Wildman–Crippen LogP) is 4.97. The van der Waals surface area contributed by atoms with Crippen molar-refractivity contribution < 1.29 is 4.79 Å². The summed E-state index contributed by atoms with van der Waals surface area (Å²) >= 11 is 6.14. The molecule has 1 aliphatic rings. The Balaban J connectivity index is 1.70. The molecule has 3 nitrogen and oxygen atoms in total. The summed E-state index contributed by atoms with van der Waals surface area (Å²) in [5, 5.41) is 3.52. The second-order valence-electron chi connectivity index (χ2n) is 5.94. The summed E-state index contributed by atoms with van der Waals surface area (Å²) in [6.45, 7) is 0.799. The van der Waals surface area contributed by atoms with Gasteiger partial charge in [-0.1, -0.05) is 54.1 Å². The molecule has 120 valence electrons. The van der Waals surface area contributed by atoms with Crippen molar-refractivity contribution in [2.24, 2.45) is 0 Å². The second kappa shape index (κ2) is 7.51. The van der Waals surface area contributed by atoms with Crippen LogP contribution in [0.2, 0.25) is 5.02 Å². The number of hydrogen-bond acceptors (Lipinski definition) is 1. The van der Waals surface area contributed by atoms with Crippen LogP contribution in [0.5, 0.6) is 0 Å². The number of benzene rings is 2. The van der Waals surface area contributed by atoms with Gasteiger partial charge in [-0.15, -0.1) is 0 Å². The standard InChI is InChI=1S/C19H21ClN2O/c20-17-11-4-5-12-18(17)21-19(23)22-13-7-6-10-16(22)14-15-8-2-1-3-9-15/h1-5,8-9,11-12,16H,6-7,10,13-14H2,(H,21,23)/t16-/m0/s1. The third kappa shape index (κ3) is 4.05. The normalized spacial score (nSPS) is 17.8. The lowest BCUT2D eigenvalue weighted by atomic mass is 9.96. The Morgan fingerprint density at radius 2 is 1.83 bits per heavy atom. The smallest absolute Gasteiger partial charge is 0.321 e. The van der Waals surface area contributed by atoms with Gasteiger partial charge in [-0.2, -0.15) is 0 Å². The Hall–Kier alpha value is -2.00. The molecule has 1 N–H and O–H groups in total. The largest absolute Gasteiger partial charge is 0.322 e. The van der Waals surface area contributed by atoms with Gasteiger partial charge in [-0.05, 0) is 43.4 Å². The summed E-state index contributed by atoms with van der Waals surface area (Å²) < 4.78 is 0. The van der Waals surface area contributed by atoms with Gasteiger partial charge in [-0.3, -0.25) is 0 Å². The summed E-state index contributed by atoms with van der Waals surface area (Å²) in [6.07, 6.45) is 4.18. The fraction of sp³-hybridized carbons (Fsp3) is 0.316. The topological polar surface area (TPSA) is 32.3 Å². The first-order chi connectivity index (χ1) is 11.2. The fourth-order valence-corrected chi connectivity index (χ4v) is 3.30. The van der Waals surface area contributed by atoms with Gasteiger partial charge in [-0.25, -0.2) is 4.79 Å². The van der Waals surface area contributed by atoms with E-state index in [9.17, 15) is 4.79 Å². The molecule has 0 aliphatic carbocycles. The number of piperidine rings is 1. The highest BCUT2D eigenvalue weighted by Gasteiger charge is 2.27. The third-order valence-corrected chi connectivity index (χ3v) is 4.65. The molecule has 23 heavy (non-hydrogen) atoms. The molecule has 2 aromatic rings. The van der Waals surface area contributed by atoms with Gasteiger partial charge in [0.2, 0.25) is 0 Å². The Bertz CT molecular complexity index is 659. The van der Waals surface area contributed by atoms with Crippen LogP contribution in [0.25, 0.3) is 0 Å². The zero-order valence-corrected chi connectivity index (χ0v) is 13.8. The van der Waals surface area contributed by atoms with Gasteiger partial charge in [0.05, 0.1) is 10.7 Å². The molecule has 3 rings (SSSR count). The lowest BCUT2D eigenvalue weighted by Crippen LogP contribution is -2.46. The van der Waals surface area contributed by atoms with E-state index < -0.39 is 0 Å². The van der Waals surface area contributed by atoms with Crippen LogP contribution in [0.4, 0.5) is 10.5 Å². The number of likely N-dealkylation sites (tertiary alicyclic amines) is 1. The molecule has 1 heterocycles. The number of para-hydroxylation sites is 1. The number of urea groups is 1. The molecule has 0 aromatic heterocycles. The van der Waals surface area contributed by atoms with E-state index >= 15 is 0 Å². The van der Waals surface area contributed by atoms with Crippen molar-refractivity contribution in [3.05, 3.63) is 65.2 Å². The molecule has 1 saturated heterocycles. The van der Waals surface area contributed by atoms with Crippen molar-refractivity contribution in [2.45, 2.75) is 31.7 Å². The molecular weight excluding hydrogens is 308 g/mol. The van der Waals surface area contributed by atoms with Crippen LogP contribution < -0.4 is 5.32 Å². The van der Waals surface area contributed by atoms with Crippen LogP contribution in [-0.4, -0.2) is 23.5 Å². The lowest BCUT2D eigenvalue weighted by molar-refractivity contribution is 0.162. The summed E-state index contributed by atoms with van der Waals surface area (Å²) in [6, 6.07) is 17.9. The SMILES string of the molecule is O=C(Nc1ccccc1Cl)N1CCCC[C@H]1Cc1ccccc1. The average molecular weight is 329 g/mol. The Kier molecular flexibility index (Phi) is 5.19. The van der Waals surface area contributed by atoms with Crippen molar-refractivity contribution in [1.82, 2.24) is 4.90 Å². The van der Waals surface area contributed by atoms with Crippen LogP contribution >= 0.6 is 11.6 Å². The van der Waals surface area contributed by atoms with Crippen molar-refractivity contribution in [2.75, 3.05) is 11.9 Å². The van der Waals surface area contributed by atoms with Gasteiger partial charge in [0.15, 0.2) is 0 Å². The highest BCUT2D eigenvalue weighted by atomic mass is 35.5. The van der Waals surface area contributed by atoms with Crippen molar-refractivity contribution >= 4 is 23.3 Å². The van der Waals surface area contributed by atoms with Crippen LogP contribution in [0.1, 0.15) is 24.8 Å². The minimum atomic E-state index is -0.0567. The van der Waals surface area contributed by atoms with Crippen LogP contribution in [0.15, 0.2) is 54.6 Å². The maximum atomic E-state index is 12.7. The van der Waals surface area contributed by atoms with Gasteiger partial charge >= 0.3 is 6.03 Å². The third-order valence-electron chi connectivity index (χ3n) is 4.32. The Labute approximate surface area is 142 Å². The van der Waals surface area contributed by atoms with E-state index in [4.69, 9.17) is 11.6 Å². The number of rotatable bonds is 3. The number of halogens is 1. The van der Waals surface area contributed by atoms with Crippen molar-refractivity contribution in [3.8, 4) is 0 Å². The molecule has 1 fully saturated rings. The molecule has 4 heteroatoms. The van der Waals surface area contributed by atoms with E-state index in [1.54, 1.807) is 6.07 Å². The van der Waals surface area contributed by atoms with E-state index in [1.165, 1.54) is 12.0 Å². The number of anilines is 1. The Morgan fingerprint density at radius 1 is 1.09 bits per heavy atom. The summed E-state index contributed by atoms with van der Waals surface area (Å²) in [7, 11) is 0. The maximum Gasteiger partial charge on any atom is 0.322 e. The summed E-state index contributed by atoms with van der Waals surface area (Å²) in [4.78, 5) is 14.6. The number of amides is 2. The van der Waals surface area contributed by atoms with E-state index in [-0.39, 0.29) is 12.1 Å². The van der Waals surface area contributed by atoms with Crippen LogP contribution in [0.3, 0.4) is 0 Å². The zero-order chi connectivity index (χ0) is 16.1. The maximum absolute atomic E-state index is 12.7. The van der Waals surface area contributed by atoms with Gasteiger partial charge in [0, 0.05) is 12.6 Å². The predicted molar refractivity (Wildman–Crippen MR) is 95.0 cm³/mol. The molecular formula is C19H21ClN2O. The first-order valence-electron chi connectivity index (χ1n) is 8.10. The van der Waals surface area contributed by atoms with Crippen LogP contribution in [-0.2, 0) is 6.42 Å². The molecule has 1 aliphatic heterocycles. The van der Waals surface area contributed by atoms with Crippen molar-refractivity contribution in [1.29, 1.82) is 0 Å². The molecule has 0 bridgehead atoms. The number of carbonyl (C=O) groups is 1. The quantitative estimate of drug-likeness (QED) is 0.847. The van der Waals surface area contributed by atoms with E-state index in [1.807, 2.05) is 41.3 Å². The summed E-state index contributed by atoms with van der Waals surface area (Å²) in [5.74, 6) is 0. The number of nitrogens with one attached hydrogen (secondary N) is 1. The first kappa shape index (κ1) is 15.9. The minimum absolute atomic E-state index is 0.0567. The molecule has 0 radical (unpaired) electrons. The van der Waals surface area contributed by atoms with E-state index in [2.05, 4.69) is 17.4 Å². The highest BCUT2D eigenvalue weighted by Crippen LogP contribution is 2.24. The molecule has 1 atom stereocenters. The summed E-state index contributed by atoms with van der Waals surface area (Å²) in [5.41, 5.74) is 1.94. The molecule has 2 aromatic carbocycles. The van der Waals surface area contributed by atoms with Crippen LogP contribution in [0, 0.1) is 0 Å². The lowest BCUT2D eigenvalue weighted by Gasteiger charge is -2.36. The number of carbonyl (C=O) groups excluding carboxylic acids is 1. The van der Waals surface area contributed by atoms with E-state index in [0.29, 0.717) is 10.7 Å². The average Bonchev–Trinajstić information content (AvgIpc) is 2.58. The van der Waals surface area contributed by atoms with E-state index in [0.717, 1.165) is 25.8 Å². The molecule has 2 amide bonds. The second-order valence-corrected chi connectivity index (χ2v) is 6.35. The van der Waals surface area contributed by atoms with Gasteiger partial charge in [0.1, 0.15) is 0 Å². The minimum Gasteiger partial charge on any atom is -0.321 e. The Morgan fingerprint density at radius 3 is 2.61 bits per heavy atom. The first-order valence-corrected chi connectivity index (χ1v) is 8.48. The number of hydrogen-bond donors (Lipinski definition) is 1. The van der Waals surface area contributed by atoms with Crippen molar-refractivity contribution in [3.63, 3.8) is 0 Å². The molecule has 0 spiro atoms. The zero-order valence-electron chi connectivity index (χ0n) is 13.0. The fourth-order valence-electron chi connectivity index (χ4n) is 3.12. The molecule has 0 saturated carbocycles. The highest BCUT2D eigenvalue weighted by molar-refractivity contribution is 6.33. The number of nitrogens with zero attached hydrogens (tertiary/aromatic N) is 1. The van der Waals surface area contributed by atoms with Gasteiger partial charge in [0.25, 0.3) is 0 Å². The van der Waals surface area contributed by atoms with Gasteiger partial charge < -0.3 is 10.2 Å². The monoisotopic (exact) mass is 328 g/mol.